The van der Waals surface area contributed by atoms with Gasteiger partial charge in [-0.2, -0.15) is 0 Å². The number of aliphatic hydroxyl groups is 2. The smallest absolute Gasteiger partial charge is 0.119 e. The van der Waals surface area contributed by atoms with Gasteiger partial charge in [-0.3, -0.25) is 0 Å². The van der Waals surface area contributed by atoms with Gasteiger partial charge < -0.3 is 19.8 Å². The minimum absolute atomic E-state index is 0.136. The van der Waals surface area contributed by atoms with Crippen LogP contribution in [0, 0.1) is 5.92 Å². The molecule has 0 radical (unpaired) electrons. The second kappa shape index (κ2) is 7.44. The molecule has 1 aliphatic rings. The Morgan fingerprint density at radius 3 is 2.50 bits per heavy atom. The number of likely N-dealkylation sites (tertiary alicyclic amines) is 1. The third-order valence-corrected chi connectivity index (χ3v) is 4.26. The van der Waals surface area contributed by atoms with Crippen LogP contribution in [0.4, 0.5) is 0 Å². The van der Waals surface area contributed by atoms with Crippen molar-refractivity contribution in [3.05, 3.63) is 29.8 Å². The first-order valence-corrected chi connectivity index (χ1v) is 8.13. The summed E-state index contributed by atoms with van der Waals surface area (Å²) in [5.74, 6) is 1.15. The van der Waals surface area contributed by atoms with E-state index >= 15 is 0 Å². The van der Waals surface area contributed by atoms with Gasteiger partial charge in [0.2, 0.25) is 0 Å². The fourth-order valence-corrected chi connectivity index (χ4v) is 2.82. The molecule has 2 atom stereocenters. The highest BCUT2D eigenvalue weighted by molar-refractivity contribution is 5.31. The molecule has 22 heavy (non-hydrogen) atoms. The van der Waals surface area contributed by atoms with E-state index in [1.54, 1.807) is 0 Å². The molecule has 1 aliphatic heterocycles. The SMILES string of the molecule is CC(C)(C)c1ccc(OCC(O)CN2CCC(CO)C2)cc1. The van der Waals surface area contributed by atoms with Gasteiger partial charge in [0.15, 0.2) is 0 Å². The molecule has 1 saturated heterocycles. The molecule has 0 spiro atoms. The third-order valence-electron chi connectivity index (χ3n) is 4.26. The molecule has 1 fully saturated rings. The van der Waals surface area contributed by atoms with Crippen LogP contribution >= 0.6 is 0 Å². The Hall–Kier alpha value is -1.10. The largest absolute Gasteiger partial charge is 0.491 e. The number of rotatable bonds is 6. The lowest BCUT2D eigenvalue weighted by molar-refractivity contribution is 0.0735. The van der Waals surface area contributed by atoms with E-state index in [0.29, 0.717) is 19.1 Å². The van der Waals surface area contributed by atoms with Crippen LogP contribution in [0.15, 0.2) is 24.3 Å². The molecule has 0 saturated carbocycles. The zero-order valence-electron chi connectivity index (χ0n) is 14.0. The summed E-state index contributed by atoms with van der Waals surface area (Å²) < 4.78 is 5.67. The molecule has 0 amide bonds. The highest BCUT2D eigenvalue weighted by Gasteiger charge is 2.23. The zero-order chi connectivity index (χ0) is 16.2. The number of nitrogens with zero attached hydrogens (tertiary/aromatic N) is 1. The maximum Gasteiger partial charge on any atom is 0.119 e. The normalized spacial score (nSPS) is 21.0. The van der Waals surface area contributed by atoms with E-state index in [9.17, 15) is 5.11 Å². The molecule has 2 unspecified atom stereocenters. The molecule has 4 heteroatoms. The summed E-state index contributed by atoms with van der Waals surface area (Å²) in [7, 11) is 0. The molecule has 4 nitrogen and oxygen atoms in total. The lowest BCUT2D eigenvalue weighted by atomic mass is 9.87. The Kier molecular flexibility index (Phi) is 5.84. The predicted octanol–water partition coefficient (Wildman–Crippen LogP) is 2.04. The van der Waals surface area contributed by atoms with Gasteiger partial charge >= 0.3 is 0 Å². The van der Waals surface area contributed by atoms with E-state index in [0.717, 1.165) is 25.3 Å². The predicted molar refractivity (Wildman–Crippen MR) is 88.3 cm³/mol. The van der Waals surface area contributed by atoms with Gasteiger partial charge in [0.05, 0.1) is 0 Å². The standard InChI is InChI=1S/C18H29NO3/c1-18(2,3)15-4-6-17(7-5-15)22-13-16(21)11-19-9-8-14(10-19)12-20/h4-7,14,16,20-21H,8-13H2,1-3H3. The van der Waals surface area contributed by atoms with Crippen LogP contribution in [0.1, 0.15) is 32.8 Å². The Balaban J connectivity index is 1.75. The first-order valence-electron chi connectivity index (χ1n) is 8.13. The maximum atomic E-state index is 10.1. The highest BCUT2D eigenvalue weighted by Crippen LogP contribution is 2.24. The summed E-state index contributed by atoms with van der Waals surface area (Å²) in [5.41, 5.74) is 1.41. The molecule has 2 rings (SSSR count). The molecule has 1 heterocycles. The average Bonchev–Trinajstić information content (AvgIpc) is 2.92. The number of ether oxygens (including phenoxy) is 1. The Bertz CT molecular complexity index is 452. The van der Waals surface area contributed by atoms with Crippen LogP contribution in [0.5, 0.6) is 5.75 Å². The van der Waals surface area contributed by atoms with E-state index in [2.05, 4.69) is 37.8 Å². The number of hydrogen-bond donors (Lipinski definition) is 2. The van der Waals surface area contributed by atoms with Gasteiger partial charge in [0, 0.05) is 19.7 Å². The van der Waals surface area contributed by atoms with Crippen molar-refractivity contribution >= 4 is 0 Å². The van der Waals surface area contributed by atoms with E-state index in [4.69, 9.17) is 9.84 Å². The van der Waals surface area contributed by atoms with Crippen LogP contribution in [-0.2, 0) is 5.41 Å². The quantitative estimate of drug-likeness (QED) is 0.844. The van der Waals surface area contributed by atoms with Crippen molar-refractivity contribution in [3.8, 4) is 5.75 Å². The Morgan fingerprint density at radius 2 is 1.95 bits per heavy atom. The van der Waals surface area contributed by atoms with Crippen molar-refractivity contribution in [2.75, 3.05) is 32.8 Å². The average molecular weight is 307 g/mol. The fourth-order valence-electron chi connectivity index (χ4n) is 2.82. The minimum atomic E-state index is -0.500. The number of aliphatic hydroxyl groups excluding tert-OH is 2. The lowest BCUT2D eigenvalue weighted by Gasteiger charge is -2.21. The van der Waals surface area contributed by atoms with Crippen LogP contribution in [0.2, 0.25) is 0 Å². The fraction of sp³-hybridized carbons (Fsp3) is 0.667. The summed E-state index contributed by atoms with van der Waals surface area (Å²) in [6, 6.07) is 8.08. The van der Waals surface area contributed by atoms with Crippen LogP contribution in [0.25, 0.3) is 0 Å². The van der Waals surface area contributed by atoms with Gasteiger partial charge in [-0.05, 0) is 42.0 Å². The van der Waals surface area contributed by atoms with Crippen LogP contribution < -0.4 is 4.74 Å². The van der Waals surface area contributed by atoms with Crippen LogP contribution in [0.3, 0.4) is 0 Å². The second-order valence-electron chi connectivity index (χ2n) is 7.34. The second-order valence-corrected chi connectivity index (χ2v) is 7.34. The van der Waals surface area contributed by atoms with Gasteiger partial charge in [-0.25, -0.2) is 0 Å². The first-order chi connectivity index (χ1) is 10.4. The molecule has 1 aromatic rings. The molecule has 0 aromatic heterocycles. The van der Waals surface area contributed by atoms with Crippen molar-refractivity contribution in [1.82, 2.24) is 4.90 Å². The maximum absolute atomic E-state index is 10.1. The number of β-amino-alcohol motifs (C(OH)–C–C–N with tert-alkyl or cyclic N) is 1. The monoisotopic (exact) mass is 307 g/mol. The van der Waals surface area contributed by atoms with Crippen molar-refractivity contribution in [2.24, 2.45) is 5.92 Å². The topological polar surface area (TPSA) is 52.9 Å². The molecular weight excluding hydrogens is 278 g/mol. The molecule has 124 valence electrons. The van der Waals surface area contributed by atoms with Crippen molar-refractivity contribution in [1.29, 1.82) is 0 Å². The van der Waals surface area contributed by atoms with E-state index in [-0.39, 0.29) is 12.0 Å². The molecule has 0 aliphatic carbocycles. The summed E-state index contributed by atoms with van der Waals surface area (Å²) in [6.45, 7) is 9.51. The molecular formula is C18H29NO3. The Labute approximate surface area is 133 Å². The van der Waals surface area contributed by atoms with Crippen molar-refractivity contribution in [2.45, 2.75) is 38.7 Å². The number of benzene rings is 1. The number of hydrogen-bond acceptors (Lipinski definition) is 4. The van der Waals surface area contributed by atoms with E-state index < -0.39 is 6.10 Å². The molecule has 1 aromatic carbocycles. The van der Waals surface area contributed by atoms with Crippen molar-refractivity contribution in [3.63, 3.8) is 0 Å². The van der Waals surface area contributed by atoms with E-state index in [1.165, 1.54) is 5.56 Å². The first kappa shape index (κ1) is 17.3. The van der Waals surface area contributed by atoms with Gasteiger partial charge in [-0.1, -0.05) is 32.9 Å². The van der Waals surface area contributed by atoms with Gasteiger partial charge in [0.25, 0.3) is 0 Å². The highest BCUT2D eigenvalue weighted by atomic mass is 16.5. The lowest BCUT2D eigenvalue weighted by Crippen LogP contribution is -2.34. The third kappa shape index (κ3) is 4.97. The van der Waals surface area contributed by atoms with Crippen LogP contribution in [-0.4, -0.2) is 54.1 Å². The Morgan fingerprint density at radius 1 is 1.27 bits per heavy atom. The van der Waals surface area contributed by atoms with Gasteiger partial charge in [0.1, 0.15) is 18.5 Å². The van der Waals surface area contributed by atoms with E-state index in [1.807, 2.05) is 12.1 Å². The minimum Gasteiger partial charge on any atom is -0.491 e. The molecule has 0 bridgehead atoms. The van der Waals surface area contributed by atoms with Crippen molar-refractivity contribution < 1.29 is 14.9 Å². The van der Waals surface area contributed by atoms with Gasteiger partial charge in [-0.15, -0.1) is 0 Å². The summed E-state index contributed by atoms with van der Waals surface area (Å²) in [5, 5.41) is 19.2. The molecule has 2 N–H and O–H groups in total. The summed E-state index contributed by atoms with van der Waals surface area (Å²) in [6.07, 6.45) is 0.512. The zero-order valence-corrected chi connectivity index (χ0v) is 14.0. The summed E-state index contributed by atoms with van der Waals surface area (Å²) >= 11 is 0. The summed E-state index contributed by atoms with van der Waals surface area (Å²) in [4.78, 5) is 2.19.